The monoisotopic (exact) mass is 242 g/mol. The molecule has 0 radical (unpaired) electrons. The fraction of sp³-hybridized carbons (Fsp3) is 0.438. The average molecular weight is 242 g/mol. The molecule has 0 saturated heterocycles. The van der Waals surface area contributed by atoms with Gasteiger partial charge in [-0.15, -0.1) is 0 Å². The number of hydrogen-bond acceptors (Lipinski definition) is 2. The Morgan fingerprint density at radius 1 is 1.33 bits per heavy atom. The molecule has 1 aromatic carbocycles. The maximum Gasteiger partial charge on any atom is 0.201 e. The van der Waals surface area contributed by atoms with Gasteiger partial charge >= 0.3 is 0 Å². The van der Waals surface area contributed by atoms with Gasteiger partial charge in [0, 0.05) is 11.3 Å². The zero-order valence-electron chi connectivity index (χ0n) is 11.1. The lowest BCUT2D eigenvalue weighted by atomic mass is 9.99. The van der Waals surface area contributed by atoms with Crippen molar-refractivity contribution in [3.8, 4) is 0 Å². The lowest BCUT2D eigenvalue weighted by molar-refractivity contribution is 0.0942. The molecular formula is C16H18O2. The molecule has 0 atom stereocenters. The summed E-state index contributed by atoms with van der Waals surface area (Å²) in [6.07, 6.45) is 2.04. The van der Waals surface area contributed by atoms with Crippen LogP contribution in [0.2, 0.25) is 0 Å². The Morgan fingerprint density at radius 2 is 2.06 bits per heavy atom. The summed E-state index contributed by atoms with van der Waals surface area (Å²) in [7, 11) is 0. The van der Waals surface area contributed by atoms with Gasteiger partial charge in [-0.05, 0) is 42.9 Å². The summed E-state index contributed by atoms with van der Waals surface area (Å²) in [4.78, 5) is 12.1. The summed E-state index contributed by atoms with van der Waals surface area (Å²) in [5, 5.41) is 1.09. The van der Waals surface area contributed by atoms with Crippen molar-refractivity contribution in [1.29, 1.82) is 0 Å². The third-order valence-corrected chi connectivity index (χ3v) is 3.74. The molecule has 1 heterocycles. The van der Waals surface area contributed by atoms with Gasteiger partial charge in [-0.3, -0.25) is 4.79 Å². The summed E-state index contributed by atoms with van der Waals surface area (Å²) in [6, 6.07) is 6.15. The Balaban J connectivity index is 2.17. The van der Waals surface area contributed by atoms with Gasteiger partial charge in [-0.2, -0.15) is 0 Å². The van der Waals surface area contributed by atoms with Crippen molar-refractivity contribution >= 4 is 16.8 Å². The van der Waals surface area contributed by atoms with Gasteiger partial charge < -0.3 is 4.42 Å². The Bertz CT molecular complexity index is 615. The molecule has 1 fully saturated rings. The maximum absolute atomic E-state index is 12.1. The topological polar surface area (TPSA) is 30.2 Å². The van der Waals surface area contributed by atoms with Crippen molar-refractivity contribution in [2.45, 2.75) is 39.5 Å². The van der Waals surface area contributed by atoms with E-state index in [9.17, 15) is 4.79 Å². The second-order valence-electron chi connectivity index (χ2n) is 5.62. The van der Waals surface area contributed by atoms with Crippen molar-refractivity contribution in [3.05, 3.63) is 35.1 Å². The molecule has 0 bridgehead atoms. The molecule has 0 N–H and O–H groups in total. The van der Waals surface area contributed by atoms with Gasteiger partial charge in [0.05, 0.1) is 0 Å². The average Bonchev–Trinajstić information content (AvgIpc) is 3.07. The number of hydrogen-bond donors (Lipinski definition) is 0. The third-order valence-electron chi connectivity index (χ3n) is 3.74. The molecule has 2 heteroatoms. The molecule has 3 rings (SSSR count). The standard InChI is InChI=1S/C16H18O2/c1-9(2)12-7-4-10(3)13-8-14(18-16(12)13)15(17)11-5-6-11/h4,7-9,11H,5-6H2,1-3H3. The molecule has 1 saturated carbocycles. The third kappa shape index (κ3) is 1.76. The summed E-state index contributed by atoms with van der Waals surface area (Å²) in [5.74, 6) is 1.35. The van der Waals surface area contributed by atoms with Crippen molar-refractivity contribution < 1.29 is 9.21 Å². The number of rotatable bonds is 3. The van der Waals surface area contributed by atoms with Gasteiger partial charge in [0.2, 0.25) is 5.78 Å². The highest BCUT2D eigenvalue weighted by Crippen LogP contribution is 2.36. The minimum absolute atomic E-state index is 0.181. The second-order valence-corrected chi connectivity index (χ2v) is 5.62. The predicted molar refractivity (Wildman–Crippen MR) is 72.1 cm³/mol. The Kier molecular flexibility index (Phi) is 2.54. The fourth-order valence-corrected chi connectivity index (χ4v) is 2.40. The molecule has 0 aliphatic heterocycles. The molecule has 1 aliphatic rings. The van der Waals surface area contributed by atoms with Crippen LogP contribution in [0.1, 0.15) is 54.3 Å². The van der Waals surface area contributed by atoms with Crippen LogP contribution >= 0.6 is 0 Å². The van der Waals surface area contributed by atoms with Gasteiger partial charge in [0.1, 0.15) is 5.58 Å². The van der Waals surface area contributed by atoms with Crippen LogP contribution in [0.4, 0.5) is 0 Å². The van der Waals surface area contributed by atoms with Crippen LogP contribution in [0.5, 0.6) is 0 Å². The number of ketones is 1. The maximum atomic E-state index is 12.1. The molecule has 1 aliphatic carbocycles. The molecule has 0 spiro atoms. The highest BCUT2D eigenvalue weighted by molar-refractivity contribution is 6.01. The Hall–Kier alpha value is -1.57. The Morgan fingerprint density at radius 3 is 2.67 bits per heavy atom. The van der Waals surface area contributed by atoms with E-state index in [1.807, 2.05) is 6.07 Å². The number of Topliss-reactive ketones (excluding diaryl/α,β-unsaturated/α-hetero) is 1. The van der Waals surface area contributed by atoms with Crippen molar-refractivity contribution in [2.75, 3.05) is 0 Å². The van der Waals surface area contributed by atoms with E-state index in [1.54, 1.807) is 0 Å². The number of carbonyl (C=O) groups excluding carboxylic acids is 1. The van der Waals surface area contributed by atoms with Gasteiger partial charge in [0.15, 0.2) is 5.76 Å². The number of aryl methyl sites for hydroxylation is 1. The largest absolute Gasteiger partial charge is 0.453 e. The van der Waals surface area contributed by atoms with Crippen LogP contribution in [-0.4, -0.2) is 5.78 Å². The number of carbonyl (C=O) groups is 1. The molecular weight excluding hydrogens is 224 g/mol. The minimum atomic E-state index is 0.181. The SMILES string of the molecule is Cc1ccc(C(C)C)c2oc(C(=O)C3CC3)cc12. The van der Waals surface area contributed by atoms with Gasteiger partial charge in [-0.25, -0.2) is 0 Å². The summed E-state index contributed by atoms with van der Waals surface area (Å²) in [6.45, 7) is 6.36. The highest BCUT2D eigenvalue weighted by Gasteiger charge is 2.32. The van der Waals surface area contributed by atoms with Crippen molar-refractivity contribution in [1.82, 2.24) is 0 Å². The molecule has 2 aromatic rings. The minimum Gasteiger partial charge on any atom is -0.453 e. The summed E-state index contributed by atoms with van der Waals surface area (Å²) < 4.78 is 5.85. The van der Waals surface area contributed by atoms with Crippen LogP contribution in [0.25, 0.3) is 11.0 Å². The van der Waals surface area contributed by atoms with E-state index in [0.717, 1.165) is 23.8 Å². The molecule has 94 valence electrons. The number of benzene rings is 1. The number of fused-ring (bicyclic) bond motifs is 1. The zero-order chi connectivity index (χ0) is 12.9. The highest BCUT2D eigenvalue weighted by atomic mass is 16.3. The first kappa shape index (κ1) is 11.5. The first-order chi connectivity index (χ1) is 8.58. The normalized spacial score (nSPS) is 15.6. The van der Waals surface area contributed by atoms with E-state index in [2.05, 4.69) is 32.9 Å². The number of furan rings is 1. The van der Waals surface area contributed by atoms with Gasteiger partial charge in [-0.1, -0.05) is 26.0 Å². The van der Waals surface area contributed by atoms with Gasteiger partial charge in [0.25, 0.3) is 0 Å². The van der Waals surface area contributed by atoms with E-state index in [-0.39, 0.29) is 11.7 Å². The van der Waals surface area contributed by atoms with Crippen LogP contribution < -0.4 is 0 Å². The van der Waals surface area contributed by atoms with E-state index in [1.165, 1.54) is 11.1 Å². The van der Waals surface area contributed by atoms with Crippen LogP contribution in [0.15, 0.2) is 22.6 Å². The molecule has 1 aromatic heterocycles. The van der Waals surface area contributed by atoms with E-state index in [0.29, 0.717) is 11.7 Å². The summed E-state index contributed by atoms with van der Waals surface area (Å²) in [5.41, 5.74) is 3.26. The van der Waals surface area contributed by atoms with Crippen molar-refractivity contribution in [3.63, 3.8) is 0 Å². The molecule has 18 heavy (non-hydrogen) atoms. The Labute approximate surface area is 107 Å². The molecule has 0 amide bonds. The van der Waals surface area contributed by atoms with Crippen LogP contribution in [0, 0.1) is 12.8 Å². The second kappa shape index (κ2) is 3.98. The smallest absolute Gasteiger partial charge is 0.201 e. The molecule has 2 nitrogen and oxygen atoms in total. The lowest BCUT2D eigenvalue weighted by Crippen LogP contribution is -1.98. The van der Waals surface area contributed by atoms with E-state index < -0.39 is 0 Å². The fourth-order valence-electron chi connectivity index (χ4n) is 2.40. The first-order valence-corrected chi connectivity index (χ1v) is 6.65. The summed E-state index contributed by atoms with van der Waals surface area (Å²) >= 11 is 0. The first-order valence-electron chi connectivity index (χ1n) is 6.65. The zero-order valence-corrected chi connectivity index (χ0v) is 11.1. The van der Waals surface area contributed by atoms with Crippen LogP contribution in [0.3, 0.4) is 0 Å². The van der Waals surface area contributed by atoms with Crippen molar-refractivity contribution in [2.24, 2.45) is 5.92 Å². The lowest BCUT2D eigenvalue weighted by Gasteiger charge is -2.06. The molecule has 0 unspecified atom stereocenters. The van der Waals surface area contributed by atoms with E-state index in [4.69, 9.17) is 4.42 Å². The quantitative estimate of drug-likeness (QED) is 0.744. The predicted octanol–water partition coefficient (Wildman–Crippen LogP) is 4.46. The van der Waals surface area contributed by atoms with Crippen LogP contribution in [-0.2, 0) is 0 Å². The van der Waals surface area contributed by atoms with E-state index >= 15 is 0 Å².